The molecule has 3 rings (SSSR count). The molecule has 0 aliphatic heterocycles. The van der Waals surface area contributed by atoms with Crippen molar-refractivity contribution in [3.63, 3.8) is 0 Å². The van der Waals surface area contributed by atoms with Crippen LogP contribution in [0.1, 0.15) is 50.6 Å². The lowest BCUT2D eigenvalue weighted by Crippen LogP contribution is -2.28. The molecule has 0 bridgehead atoms. The van der Waals surface area contributed by atoms with Crippen LogP contribution in [0.2, 0.25) is 5.02 Å². The van der Waals surface area contributed by atoms with E-state index in [4.69, 9.17) is 16.6 Å². The maximum absolute atomic E-state index is 6.28. The number of nitrogens with one attached hydrogen (secondary N) is 1. The monoisotopic (exact) mass is 307 g/mol. The fourth-order valence-corrected chi connectivity index (χ4v) is 3.36. The van der Waals surface area contributed by atoms with Crippen LogP contribution in [0.5, 0.6) is 0 Å². The van der Waals surface area contributed by atoms with Crippen LogP contribution >= 0.6 is 11.6 Å². The first-order valence-electron chi connectivity index (χ1n) is 8.32. The third-order valence-electron chi connectivity index (χ3n) is 4.69. The molecule has 1 aromatic heterocycles. The summed E-state index contributed by atoms with van der Waals surface area (Å²) in [5.41, 5.74) is 0.983. The van der Waals surface area contributed by atoms with Gasteiger partial charge in [0.05, 0.1) is 10.7 Å². The molecule has 0 unspecified atom stereocenters. The number of hydrogen-bond donors (Lipinski definition) is 1. The molecule has 2 aliphatic rings. The second kappa shape index (κ2) is 6.97. The zero-order valence-corrected chi connectivity index (χ0v) is 13.7. The van der Waals surface area contributed by atoms with Crippen LogP contribution in [0.3, 0.4) is 0 Å². The number of pyridine rings is 1. The topological polar surface area (TPSA) is 28.2 Å². The average Bonchev–Trinajstić information content (AvgIpc) is 3.31. The van der Waals surface area contributed by atoms with E-state index in [1.807, 2.05) is 12.1 Å². The Hall–Kier alpha value is -0.800. The molecular formula is C17H26ClN3. The number of aromatic nitrogens is 1. The van der Waals surface area contributed by atoms with Gasteiger partial charge in [-0.05, 0) is 43.7 Å². The molecule has 1 aromatic rings. The van der Waals surface area contributed by atoms with Gasteiger partial charge in [0.15, 0.2) is 0 Å². The van der Waals surface area contributed by atoms with Gasteiger partial charge in [-0.25, -0.2) is 4.98 Å². The summed E-state index contributed by atoms with van der Waals surface area (Å²) >= 11 is 6.28. The van der Waals surface area contributed by atoms with Gasteiger partial charge in [0.2, 0.25) is 0 Å². The Kier molecular flexibility index (Phi) is 5.02. The smallest absolute Gasteiger partial charge is 0.128 e. The van der Waals surface area contributed by atoms with Crippen molar-refractivity contribution in [2.75, 3.05) is 18.5 Å². The highest BCUT2D eigenvalue weighted by Crippen LogP contribution is 2.26. The average molecular weight is 308 g/mol. The summed E-state index contributed by atoms with van der Waals surface area (Å²) in [5.74, 6) is 1.88. The van der Waals surface area contributed by atoms with Crippen LogP contribution in [-0.2, 0) is 6.54 Å². The zero-order chi connectivity index (χ0) is 14.7. The van der Waals surface area contributed by atoms with E-state index in [0.29, 0.717) is 6.04 Å². The van der Waals surface area contributed by atoms with Crippen LogP contribution < -0.4 is 10.2 Å². The molecule has 2 fully saturated rings. The van der Waals surface area contributed by atoms with E-state index in [9.17, 15) is 0 Å². The first kappa shape index (κ1) is 15.1. The Bertz CT molecular complexity index is 467. The molecule has 0 radical (unpaired) electrons. The number of hydrogen-bond acceptors (Lipinski definition) is 3. The van der Waals surface area contributed by atoms with Crippen molar-refractivity contribution in [2.24, 2.45) is 5.92 Å². The summed E-state index contributed by atoms with van der Waals surface area (Å²) in [6, 6.07) is 4.73. The van der Waals surface area contributed by atoms with Crippen molar-refractivity contribution >= 4 is 17.4 Å². The van der Waals surface area contributed by atoms with E-state index >= 15 is 0 Å². The van der Waals surface area contributed by atoms with Gasteiger partial charge < -0.3 is 10.2 Å². The first-order valence-corrected chi connectivity index (χ1v) is 8.70. The van der Waals surface area contributed by atoms with Crippen LogP contribution in [0, 0.1) is 5.92 Å². The Morgan fingerprint density at radius 1 is 1.19 bits per heavy atom. The van der Waals surface area contributed by atoms with Crippen molar-refractivity contribution in [1.29, 1.82) is 0 Å². The second-order valence-corrected chi connectivity index (χ2v) is 7.04. The van der Waals surface area contributed by atoms with E-state index in [0.717, 1.165) is 35.5 Å². The van der Waals surface area contributed by atoms with Gasteiger partial charge in [-0.2, -0.15) is 0 Å². The van der Waals surface area contributed by atoms with Crippen molar-refractivity contribution in [2.45, 2.75) is 57.5 Å². The zero-order valence-electron chi connectivity index (χ0n) is 12.9. The van der Waals surface area contributed by atoms with Gasteiger partial charge in [0, 0.05) is 26.2 Å². The highest BCUT2D eigenvalue weighted by Gasteiger charge is 2.21. The van der Waals surface area contributed by atoms with E-state index < -0.39 is 0 Å². The SMILES string of the molecule is CN(CC1CCCCC1)c1ccc(Cl)c(CNC2CC2)n1. The van der Waals surface area contributed by atoms with Gasteiger partial charge in [-0.1, -0.05) is 30.9 Å². The molecule has 1 heterocycles. The predicted octanol–water partition coefficient (Wildman–Crippen LogP) is 4.00. The summed E-state index contributed by atoms with van der Waals surface area (Å²) < 4.78 is 0. The Morgan fingerprint density at radius 2 is 1.95 bits per heavy atom. The van der Waals surface area contributed by atoms with E-state index in [1.54, 1.807) is 0 Å². The van der Waals surface area contributed by atoms with Gasteiger partial charge in [-0.3, -0.25) is 0 Å². The summed E-state index contributed by atoms with van der Waals surface area (Å²) in [7, 11) is 2.16. The van der Waals surface area contributed by atoms with Crippen LogP contribution in [0.4, 0.5) is 5.82 Å². The lowest BCUT2D eigenvalue weighted by molar-refractivity contribution is 0.361. The fourth-order valence-electron chi connectivity index (χ4n) is 3.19. The Morgan fingerprint density at radius 3 is 2.67 bits per heavy atom. The molecule has 0 amide bonds. The number of nitrogens with zero attached hydrogens (tertiary/aromatic N) is 2. The van der Waals surface area contributed by atoms with Gasteiger partial charge in [0.1, 0.15) is 5.82 Å². The molecule has 4 heteroatoms. The minimum atomic E-state index is 0.687. The molecular weight excluding hydrogens is 282 g/mol. The summed E-state index contributed by atoms with van der Waals surface area (Å²) in [6.45, 7) is 1.90. The normalized spacial score (nSPS) is 19.7. The van der Waals surface area contributed by atoms with Crippen LogP contribution in [0.25, 0.3) is 0 Å². The van der Waals surface area contributed by atoms with E-state index in [1.165, 1.54) is 44.9 Å². The molecule has 1 N–H and O–H groups in total. The second-order valence-electron chi connectivity index (χ2n) is 6.64. The van der Waals surface area contributed by atoms with Crippen molar-refractivity contribution in [3.8, 4) is 0 Å². The van der Waals surface area contributed by atoms with E-state index in [-0.39, 0.29) is 0 Å². The van der Waals surface area contributed by atoms with Crippen LogP contribution in [-0.4, -0.2) is 24.6 Å². The summed E-state index contributed by atoms with van der Waals surface area (Å²) in [4.78, 5) is 7.07. The lowest BCUT2D eigenvalue weighted by atomic mass is 9.89. The molecule has 21 heavy (non-hydrogen) atoms. The minimum absolute atomic E-state index is 0.687. The van der Waals surface area contributed by atoms with Gasteiger partial charge in [0.25, 0.3) is 0 Å². The fraction of sp³-hybridized carbons (Fsp3) is 0.706. The van der Waals surface area contributed by atoms with Crippen molar-refractivity contribution in [1.82, 2.24) is 10.3 Å². The summed E-state index contributed by atoms with van der Waals surface area (Å²) in [5, 5.41) is 4.27. The van der Waals surface area contributed by atoms with E-state index in [2.05, 4.69) is 17.3 Å². The molecule has 0 saturated heterocycles. The minimum Gasteiger partial charge on any atom is -0.359 e. The first-order chi connectivity index (χ1) is 10.2. The third kappa shape index (κ3) is 4.33. The van der Waals surface area contributed by atoms with Crippen molar-refractivity contribution < 1.29 is 0 Å². The van der Waals surface area contributed by atoms with Gasteiger partial charge >= 0.3 is 0 Å². The standard InChI is InChI=1S/C17H26ClN3/c1-21(12-13-5-3-2-4-6-13)17-10-9-15(18)16(20-17)11-19-14-7-8-14/h9-10,13-14,19H,2-8,11-12H2,1H3. The highest BCUT2D eigenvalue weighted by molar-refractivity contribution is 6.31. The molecule has 116 valence electrons. The predicted molar refractivity (Wildman–Crippen MR) is 89.0 cm³/mol. The lowest BCUT2D eigenvalue weighted by Gasteiger charge is -2.28. The Labute approximate surface area is 133 Å². The molecule has 0 aromatic carbocycles. The summed E-state index contributed by atoms with van der Waals surface area (Å²) in [6.07, 6.45) is 9.52. The molecule has 2 saturated carbocycles. The van der Waals surface area contributed by atoms with Gasteiger partial charge in [-0.15, -0.1) is 0 Å². The Balaban J connectivity index is 1.61. The quantitative estimate of drug-likeness (QED) is 0.861. The molecule has 0 atom stereocenters. The number of halogens is 1. The molecule has 0 spiro atoms. The van der Waals surface area contributed by atoms with Crippen molar-refractivity contribution in [3.05, 3.63) is 22.8 Å². The largest absolute Gasteiger partial charge is 0.359 e. The maximum Gasteiger partial charge on any atom is 0.128 e. The molecule has 2 aliphatic carbocycles. The number of anilines is 1. The van der Waals surface area contributed by atoms with Crippen LogP contribution in [0.15, 0.2) is 12.1 Å². The number of rotatable bonds is 6. The molecule has 3 nitrogen and oxygen atoms in total. The third-order valence-corrected chi connectivity index (χ3v) is 5.03. The highest BCUT2D eigenvalue weighted by atomic mass is 35.5. The maximum atomic E-state index is 6.28.